The van der Waals surface area contributed by atoms with Crippen molar-refractivity contribution >= 4 is 0 Å². The Kier molecular flexibility index (Phi) is 31.8. The fraction of sp³-hybridized carbons (Fsp3) is 1.00. The normalized spacial score (nSPS) is 10.6. The van der Waals surface area contributed by atoms with E-state index >= 15 is 0 Å². The second-order valence-corrected chi connectivity index (χ2v) is 8.33. The standard InChI is InChI=1S/C22H48N.2FH.H3N/c1-5-7-9-11-13-15-17-19-21-23(3,4)22-20-18-16-14-12-10-8-6-2;;;/h5-22H2,1-4H3;2*1H;1H3/q+1;;;/p-1. The summed E-state index contributed by atoms with van der Waals surface area (Å²) in [5, 5.41) is 0. The highest BCUT2D eigenvalue weighted by atomic mass is 19.0. The lowest BCUT2D eigenvalue weighted by molar-refractivity contribution is -0.890. The monoisotopic (exact) mass is 382 g/mol. The average molecular weight is 383 g/mol. The highest BCUT2D eigenvalue weighted by Crippen LogP contribution is 2.13. The molecule has 0 spiro atoms. The van der Waals surface area contributed by atoms with Crippen LogP contribution in [0.5, 0.6) is 0 Å². The predicted octanol–water partition coefficient (Wildman–Crippen LogP) is 4.66. The maximum Gasteiger partial charge on any atom is 0.0782 e. The SMILES string of the molecule is CCCCCCCCCC[N+](C)(C)CCCCCCCCCC.F.N.[F-]. The number of halogens is 2. The molecule has 2 nitrogen and oxygen atoms in total. The van der Waals surface area contributed by atoms with Crippen LogP contribution in [0.4, 0.5) is 4.70 Å². The first kappa shape index (κ1) is 33.4. The minimum Gasteiger partial charge on any atom is -1.00 e. The van der Waals surface area contributed by atoms with Gasteiger partial charge in [0.2, 0.25) is 0 Å². The van der Waals surface area contributed by atoms with E-state index in [-0.39, 0.29) is 15.6 Å². The molecule has 0 aromatic heterocycles. The number of unbranched alkanes of at least 4 members (excludes halogenated alkanes) is 14. The van der Waals surface area contributed by atoms with Crippen LogP contribution < -0.4 is 10.9 Å². The van der Waals surface area contributed by atoms with Crippen LogP contribution in [0.15, 0.2) is 0 Å². The number of quaternary nitrogens is 1. The quantitative estimate of drug-likeness (QED) is 0.271. The van der Waals surface area contributed by atoms with Gasteiger partial charge < -0.3 is 15.3 Å². The first-order valence-corrected chi connectivity index (χ1v) is 10.9. The topological polar surface area (TPSA) is 35.0 Å². The van der Waals surface area contributed by atoms with Gasteiger partial charge in [-0.2, -0.15) is 0 Å². The molecule has 0 atom stereocenters. The molecular weight excluding hydrogens is 330 g/mol. The van der Waals surface area contributed by atoms with E-state index < -0.39 is 0 Å². The van der Waals surface area contributed by atoms with Gasteiger partial charge in [-0.3, -0.25) is 4.70 Å². The van der Waals surface area contributed by atoms with Crippen molar-refractivity contribution in [1.29, 1.82) is 0 Å². The molecule has 26 heavy (non-hydrogen) atoms. The van der Waals surface area contributed by atoms with Gasteiger partial charge in [0.25, 0.3) is 0 Å². The van der Waals surface area contributed by atoms with Gasteiger partial charge in [0.05, 0.1) is 27.2 Å². The largest absolute Gasteiger partial charge is 1.00 e. The average Bonchev–Trinajstić information content (AvgIpc) is 2.52. The van der Waals surface area contributed by atoms with E-state index in [0.717, 1.165) is 0 Å². The van der Waals surface area contributed by atoms with Crippen molar-refractivity contribution in [3.63, 3.8) is 0 Å². The molecule has 3 N–H and O–H groups in total. The lowest BCUT2D eigenvalue weighted by Crippen LogP contribution is -3.00. The van der Waals surface area contributed by atoms with Crippen LogP contribution in [0, 0.1) is 0 Å². The molecule has 0 unspecified atom stereocenters. The van der Waals surface area contributed by atoms with Gasteiger partial charge in [0, 0.05) is 0 Å². The van der Waals surface area contributed by atoms with E-state index in [2.05, 4.69) is 27.9 Å². The smallest absolute Gasteiger partial charge is 0.0782 e. The zero-order valence-corrected chi connectivity index (χ0v) is 18.7. The second kappa shape index (κ2) is 24.8. The van der Waals surface area contributed by atoms with E-state index in [1.165, 1.54) is 120 Å². The summed E-state index contributed by atoms with van der Waals surface area (Å²) in [5.41, 5.74) is 0. The molecule has 0 aromatic carbocycles. The van der Waals surface area contributed by atoms with Gasteiger partial charge in [0.1, 0.15) is 0 Å². The molecule has 0 rings (SSSR count). The molecule has 0 aromatic rings. The van der Waals surface area contributed by atoms with Crippen LogP contribution in [0.25, 0.3) is 0 Å². The summed E-state index contributed by atoms with van der Waals surface area (Å²) in [6.07, 6.45) is 23.0. The Hall–Kier alpha value is -0.220. The maximum atomic E-state index is 2.43. The maximum absolute atomic E-state index is 2.43. The minimum atomic E-state index is 0. The first-order chi connectivity index (χ1) is 11.1. The fourth-order valence-corrected chi connectivity index (χ4v) is 3.46. The zero-order valence-electron chi connectivity index (χ0n) is 18.7. The van der Waals surface area contributed by atoms with Crippen LogP contribution in [0.3, 0.4) is 0 Å². The summed E-state index contributed by atoms with van der Waals surface area (Å²) < 4.78 is 1.24. The molecule has 0 amide bonds. The van der Waals surface area contributed by atoms with E-state index in [9.17, 15) is 0 Å². The number of hydrogen-bond acceptors (Lipinski definition) is 1. The van der Waals surface area contributed by atoms with Crippen LogP contribution in [0.2, 0.25) is 0 Å². The van der Waals surface area contributed by atoms with E-state index in [1.54, 1.807) is 0 Å². The van der Waals surface area contributed by atoms with Crippen LogP contribution >= 0.6 is 0 Å². The first-order valence-electron chi connectivity index (χ1n) is 10.9. The van der Waals surface area contributed by atoms with Crippen LogP contribution in [0.1, 0.15) is 117 Å². The molecule has 0 heterocycles. The van der Waals surface area contributed by atoms with Crippen molar-refractivity contribution < 1.29 is 13.9 Å². The molecular formula is C22H52F2N2. The van der Waals surface area contributed by atoms with Crippen LogP contribution in [-0.4, -0.2) is 31.7 Å². The molecule has 164 valence electrons. The van der Waals surface area contributed by atoms with E-state index in [0.29, 0.717) is 0 Å². The number of rotatable bonds is 18. The third-order valence-electron chi connectivity index (χ3n) is 5.23. The summed E-state index contributed by atoms with van der Waals surface area (Å²) in [7, 11) is 4.87. The third-order valence-corrected chi connectivity index (χ3v) is 5.23. The summed E-state index contributed by atoms with van der Waals surface area (Å²) >= 11 is 0. The molecule has 0 bridgehead atoms. The van der Waals surface area contributed by atoms with Crippen molar-refractivity contribution in [3.05, 3.63) is 0 Å². The minimum absolute atomic E-state index is 0. The van der Waals surface area contributed by atoms with Gasteiger partial charge >= 0.3 is 0 Å². The van der Waals surface area contributed by atoms with Crippen molar-refractivity contribution in [2.24, 2.45) is 0 Å². The molecule has 0 fully saturated rings. The molecule has 0 saturated heterocycles. The third kappa shape index (κ3) is 26.0. The lowest BCUT2D eigenvalue weighted by Gasteiger charge is -2.30. The van der Waals surface area contributed by atoms with Gasteiger partial charge in [-0.05, 0) is 25.7 Å². The van der Waals surface area contributed by atoms with Crippen molar-refractivity contribution in [1.82, 2.24) is 6.15 Å². The Labute approximate surface area is 164 Å². The van der Waals surface area contributed by atoms with Gasteiger partial charge in [0.15, 0.2) is 0 Å². The Morgan fingerprint density at radius 1 is 0.462 bits per heavy atom. The Bertz CT molecular complexity index is 214. The molecule has 0 aliphatic heterocycles. The number of hydrogen-bond donors (Lipinski definition) is 1. The van der Waals surface area contributed by atoms with Crippen molar-refractivity contribution in [3.8, 4) is 0 Å². The molecule has 0 aliphatic rings. The summed E-state index contributed by atoms with van der Waals surface area (Å²) in [4.78, 5) is 0. The summed E-state index contributed by atoms with van der Waals surface area (Å²) in [6, 6.07) is 0. The van der Waals surface area contributed by atoms with Crippen molar-refractivity contribution in [2.45, 2.75) is 117 Å². The van der Waals surface area contributed by atoms with Crippen molar-refractivity contribution in [2.75, 3.05) is 27.2 Å². The van der Waals surface area contributed by atoms with Crippen LogP contribution in [-0.2, 0) is 0 Å². The highest BCUT2D eigenvalue weighted by Gasteiger charge is 2.13. The van der Waals surface area contributed by atoms with E-state index in [4.69, 9.17) is 0 Å². The Morgan fingerprint density at radius 3 is 0.962 bits per heavy atom. The predicted molar refractivity (Wildman–Crippen MR) is 115 cm³/mol. The Balaban J connectivity index is -0.000000807. The lowest BCUT2D eigenvalue weighted by atomic mass is 10.1. The molecule has 0 radical (unpaired) electrons. The summed E-state index contributed by atoms with van der Waals surface area (Å²) in [5.74, 6) is 0. The molecule has 4 heteroatoms. The molecule has 0 saturated carbocycles. The number of nitrogens with zero attached hydrogens (tertiary/aromatic N) is 1. The van der Waals surface area contributed by atoms with Gasteiger partial charge in [-0.15, -0.1) is 0 Å². The molecule has 0 aliphatic carbocycles. The Morgan fingerprint density at radius 2 is 0.692 bits per heavy atom. The van der Waals surface area contributed by atoms with Gasteiger partial charge in [-0.1, -0.05) is 90.9 Å². The van der Waals surface area contributed by atoms with E-state index in [1.807, 2.05) is 0 Å². The second-order valence-electron chi connectivity index (χ2n) is 8.33. The highest BCUT2D eigenvalue weighted by molar-refractivity contribution is 4.48. The van der Waals surface area contributed by atoms with Gasteiger partial charge in [-0.25, -0.2) is 0 Å². The zero-order chi connectivity index (χ0) is 17.2. The summed E-state index contributed by atoms with van der Waals surface area (Å²) in [6.45, 7) is 7.36. The fourth-order valence-electron chi connectivity index (χ4n) is 3.46.